The van der Waals surface area contributed by atoms with Crippen molar-refractivity contribution in [3.63, 3.8) is 0 Å². The Morgan fingerprint density at radius 2 is 1.82 bits per heavy atom. The van der Waals surface area contributed by atoms with Gasteiger partial charge in [0.2, 0.25) is 0 Å². The van der Waals surface area contributed by atoms with Crippen molar-refractivity contribution in [2.45, 2.75) is 37.5 Å². The van der Waals surface area contributed by atoms with Crippen molar-refractivity contribution < 1.29 is 18.0 Å². The Morgan fingerprint density at radius 3 is 2.43 bits per heavy atom. The van der Waals surface area contributed by atoms with Gasteiger partial charge >= 0.3 is 6.18 Å². The van der Waals surface area contributed by atoms with Crippen molar-refractivity contribution in [3.8, 4) is 0 Å². The van der Waals surface area contributed by atoms with Crippen LogP contribution in [0.2, 0.25) is 5.02 Å². The Labute approximate surface area is 173 Å². The van der Waals surface area contributed by atoms with Crippen molar-refractivity contribution in [1.29, 1.82) is 0 Å². The van der Waals surface area contributed by atoms with Gasteiger partial charge in [-0.25, -0.2) is 0 Å². The molecule has 2 atom stereocenters. The Kier molecular flexibility index (Phi) is 7.75. The number of carbonyl (C=O) groups excluding carboxylic acids is 1. The molecule has 0 aromatic heterocycles. The molecule has 2 aromatic carbocycles. The van der Waals surface area contributed by atoms with Crippen molar-refractivity contribution in [2.75, 3.05) is 6.54 Å². The van der Waals surface area contributed by atoms with Gasteiger partial charge in [0, 0.05) is 6.04 Å². The number of rotatable bonds is 4. The lowest BCUT2D eigenvalue weighted by atomic mass is 9.92. The first-order chi connectivity index (χ1) is 12.9. The number of hydrogen-bond donors (Lipinski definition) is 2. The lowest BCUT2D eigenvalue weighted by Crippen LogP contribution is -2.46. The predicted octanol–water partition coefficient (Wildman–Crippen LogP) is 5.39. The van der Waals surface area contributed by atoms with Gasteiger partial charge < -0.3 is 10.6 Å². The zero-order valence-electron chi connectivity index (χ0n) is 14.9. The number of halogens is 5. The lowest BCUT2D eigenvalue weighted by Gasteiger charge is -2.32. The van der Waals surface area contributed by atoms with Crippen LogP contribution in [0, 0.1) is 0 Å². The van der Waals surface area contributed by atoms with Crippen LogP contribution in [0.5, 0.6) is 0 Å². The van der Waals surface area contributed by atoms with E-state index >= 15 is 0 Å². The van der Waals surface area contributed by atoms with Crippen LogP contribution >= 0.6 is 24.0 Å². The molecule has 0 bridgehead atoms. The minimum Gasteiger partial charge on any atom is -0.344 e. The summed E-state index contributed by atoms with van der Waals surface area (Å²) < 4.78 is 39.3. The molecule has 1 aliphatic rings. The van der Waals surface area contributed by atoms with Crippen LogP contribution in [-0.4, -0.2) is 18.5 Å². The SMILES string of the molecule is Cl.O=C(NC(c1ccccc1)C1CCCCN1)c1cccc(C(F)(F)F)c1Cl. The summed E-state index contributed by atoms with van der Waals surface area (Å²) in [5.74, 6) is -0.618. The standard InChI is InChI=1S/C20H20ClF3N2O.ClH/c21-17-14(9-6-10-15(17)20(22,23)24)19(27)26-18(13-7-2-1-3-8-13)16-11-4-5-12-25-16;/h1-3,6-10,16,18,25H,4-5,11-12H2,(H,26,27);1H. The van der Waals surface area contributed by atoms with E-state index in [2.05, 4.69) is 10.6 Å². The average Bonchev–Trinajstić information content (AvgIpc) is 2.66. The van der Waals surface area contributed by atoms with E-state index in [-0.39, 0.29) is 30.1 Å². The van der Waals surface area contributed by atoms with Crippen LogP contribution in [0.4, 0.5) is 13.2 Å². The predicted molar refractivity (Wildman–Crippen MR) is 106 cm³/mol. The highest BCUT2D eigenvalue weighted by atomic mass is 35.5. The monoisotopic (exact) mass is 432 g/mol. The van der Waals surface area contributed by atoms with E-state index < -0.39 is 22.7 Å². The normalized spacial score (nSPS) is 18.1. The summed E-state index contributed by atoms with van der Waals surface area (Å²) in [7, 11) is 0. The quantitative estimate of drug-likeness (QED) is 0.679. The zero-order valence-corrected chi connectivity index (χ0v) is 16.5. The molecule has 2 aromatic rings. The Hall–Kier alpha value is -1.76. The highest BCUT2D eigenvalue weighted by Gasteiger charge is 2.35. The first-order valence-corrected chi connectivity index (χ1v) is 9.20. The Morgan fingerprint density at radius 1 is 1.11 bits per heavy atom. The molecular formula is C20H21Cl2F3N2O. The van der Waals surface area contributed by atoms with Crippen LogP contribution in [-0.2, 0) is 6.18 Å². The number of amides is 1. The minimum absolute atomic E-state index is 0. The summed E-state index contributed by atoms with van der Waals surface area (Å²) in [4.78, 5) is 12.8. The van der Waals surface area contributed by atoms with Gasteiger partial charge in [-0.05, 0) is 37.1 Å². The van der Waals surface area contributed by atoms with Crippen LogP contribution in [0.3, 0.4) is 0 Å². The second-order valence-electron chi connectivity index (χ2n) is 6.58. The first kappa shape index (κ1) is 22.5. The molecule has 2 unspecified atom stereocenters. The molecular weight excluding hydrogens is 412 g/mol. The maximum Gasteiger partial charge on any atom is 0.417 e. The molecule has 152 valence electrons. The summed E-state index contributed by atoms with van der Waals surface area (Å²) in [6.45, 7) is 0.841. The summed E-state index contributed by atoms with van der Waals surface area (Å²) in [6, 6.07) is 12.4. The topological polar surface area (TPSA) is 41.1 Å². The number of carbonyl (C=O) groups is 1. The summed E-state index contributed by atoms with van der Waals surface area (Å²) in [5, 5.41) is 5.70. The number of benzene rings is 2. The first-order valence-electron chi connectivity index (χ1n) is 8.83. The van der Waals surface area contributed by atoms with E-state index in [1.54, 1.807) is 0 Å². The lowest BCUT2D eigenvalue weighted by molar-refractivity contribution is -0.137. The molecule has 8 heteroatoms. The number of alkyl halides is 3. The molecule has 1 heterocycles. The van der Waals surface area contributed by atoms with E-state index in [0.717, 1.165) is 37.4 Å². The van der Waals surface area contributed by atoms with E-state index in [0.29, 0.717) is 0 Å². The number of hydrogen-bond acceptors (Lipinski definition) is 2. The van der Waals surface area contributed by atoms with Crippen molar-refractivity contribution in [2.24, 2.45) is 0 Å². The van der Waals surface area contributed by atoms with E-state index in [9.17, 15) is 18.0 Å². The van der Waals surface area contributed by atoms with Crippen LogP contribution in [0.15, 0.2) is 48.5 Å². The fraction of sp³-hybridized carbons (Fsp3) is 0.350. The molecule has 0 spiro atoms. The summed E-state index contributed by atoms with van der Waals surface area (Å²) >= 11 is 5.91. The smallest absolute Gasteiger partial charge is 0.344 e. The molecule has 1 amide bonds. The van der Waals surface area contributed by atoms with Gasteiger partial charge in [0.15, 0.2) is 0 Å². The van der Waals surface area contributed by atoms with Gasteiger partial charge in [-0.2, -0.15) is 13.2 Å². The molecule has 3 nitrogen and oxygen atoms in total. The zero-order chi connectivity index (χ0) is 19.4. The third-order valence-electron chi connectivity index (χ3n) is 4.74. The number of piperidine rings is 1. The highest BCUT2D eigenvalue weighted by molar-refractivity contribution is 6.34. The largest absolute Gasteiger partial charge is 0.417 e. The van der Waals surface area contributed by atoms with E-state index in [4.69, 9.17) is 11.6 Å². The van der Waals surface area contributed by atoms with E-state index in [1.807, 2.05) is 30.3 Å². The minimum atomic E-state index is -4.61. The van der Waals surface area contributed by atoms with Gasteiger partial charge in [0.05, 0.1) is 22.2 Å². The molecule has 2 N–H and O–H groups in total. The van der Waals surface area contributed by atoms with E-state index in [1.165, 1.54) is 12.1 Å². The average molecular weight is 433 g/mol. The van der Waals surface area contributed by atoms with Crippen LogP contribution in [0.25, 0.3) is 0 Å². The van der Waals surface area contributed by atoms with Crippen molar-refractivity contribution in [1.82, 2.24) is 10.6 Å². The third-order valence-corrected chi connectivity index (χ3v) is 5.15. The molecule has 3 rings (SSSR count). The van der Waals surface area contributed by atoms with Gasteiger partial charge in [0.25, 0.3) is 5.91 Å². The molecule has 1 aliphatic heterocycles. The van der Waals surface area contributed by atoms with Crippen LogP contribution in [0.1, 0.15) is 46.8 Å². The Bertz CT molecular complexity index is 794. The van der Waals surface area contributed by atoms with Gasteiger partial charge in [-0.3, -0.25) is 4.79 Å². The molecule has 28 heavy (non-hydrogen) atoms. The maximum atomic E-state index is 13.1. The summed E-state index contributed by atoms with van der Waals surface area (Å²) in [6.07, 6.45) is -1.65. The molecule has 1 saturated heterocycles. The number of nitrogens with one attached hydrogen (secondary N) is 2. The maximum absolute atomic E-state index is 13.1. The third kappa shape index (κ3) is 5.19. The molecule has 0 saturated carbocycles. The molecule has 0 radical (unpaired) electrons. The van der Waals surface area contributed by atoms with Gasteiger partial charge in [-0.15, -0.1) is 12.4 Å². The van der Waals surface area contributed by atoms with Crippen molar-refractivity contribution >= 4 is 29.9 Å². The second kappa shape index (κ2) is 9.63. The van der Waals surface area contributed by atoms with Gasteiger partial charge in [-0.1, -0.05) is 54.4 Å². The fourth-order valence-corrected chi connectivity index (χ4v) is 3.70. The molecule has 0 aliphatic carbocycles. The highest BCUT2D eigenvalue weighted by Crippen LogP contribution is 2.36. The summed E-state index contributed by atoms with van der Waals surface area (Å²) in [5.41, 5.74) is -0.291. The molecule has 1 fully saturated rings. The van der Waals surface area contributed by atoms with Gasteiger partial charge in [0.1, 0.15) is 0 Å². The van der Waals surface area contributed by atoms with Crippen LogP contribution < -0.4 is 10.6 Å². The fourth-order valence-electron chi connectivity index (χ4n) is 3.39. The van der Waals surface area contributed by atoms with Crippen molar-refractivity contribution in [3.05, 3.63) is 70.2 Å². The Balaban J connectivity index is 0.00000280. The second-order valence-corrected chi connectivity index (χ2v) is 6.96.